The highest BCUT2D eigenvalue weighted by Gasteiger charge is 2.08. The Morgan fingerprint density at radius 3 is 3.00 bits per heavy atom. The first-order valence-electron chi connectivity index (χ1n) is 2.98. The van der Waals surface area contributed by atoms with Crippen LogP contribution in [0.3, 0.4) is 0 Å². The average Bonchev–Trinajstić information content (AvgIpc) is 2.29. The van der Waals surface area contributed by atoms with Crippen molar-refractivity contribution < 1.29 is 4.42 Å². The molecule has 0 unspecified atom stereocenters. The Labute approximate surface area is 92.1 Å². The van der Waals surface area contributed by atoms with Gasteiger partial charge in [0.05, 0.1) is 3.57 Å². The van der Waals surface area contributed by atoms with Crippen molar-refractivity contribution in [3.8, 4) is 0 Å². The van der Waals surface area contributed by atoms with Crippen molar-refractivity contribution in [2.45, 2.75) is 5.22 Å². The SMILES string of the molecule is Sc1nc2nc(Cl)cc(I)c2o1. The number of halogens is 2. The number of aromatic nitrogens is 2. The molecule has 0 aromatic carbocycles. The first kappa shape index (κ1) is 8.58. The Bertz CT molecular complexity index is 444. The van der Waals surface area contributed by atoms with Crippen LogP contribution in [0.5, 0.6) is 0 Å². The Kier molecular flexibility index (Phi) is 2.18. The Morgan fingerprint density at radius 2 is 2.25 bits per heavy atom. The summed E-state index contributed by atoms with van der Waals surface area (Å²) in [7, 11) is 0. The molecule has 0 saturated heterocycles. The van der Waals surface area contributed by atoms with Gasteiger partial charge in [-0.15, -0.1) is 0 Å². The minimum absolute atomic E-state index is 0.303. The molecule has 0 aliphatic heterocycles. The summed E-state index contributed by atoms with van der Waals surface area (Å²) in [6.45, 7) is 0. The molecule has 0 fully saturated rings. The molecule has 0 saturated carbocycles. The van der Waals surface area contributed by atoms with Gasteiger partial charge in [0.2, 0.25) is 5.65 Å². The molecule has 0 atom stereocenters. The summed E-state index contributed by atoms with van der Waals surface area (Å²) in [5, 5.41) is 0.714. The zero-order valence-corrected chi connectivity index (χ0v) is 9.39. The first-order chi connectivity index (χ1) is 5.66. The van der Waals surface area contributed by atoms with E-state index in [1.807, 2.05) is 0 Å². The van der Waals surface area contributed by atoms with Gasteiger partial charge >= 0.3 is 0 Å². The molecular formula is C6H2ClIN2OS. The van der Waals surface area contributed by atoms with Crippen LogP contribution in [0.25, 0.3) is 11.2 Å². The monoisotopic (exact) mass is 312 g/mol. The number of hydrogen-bond donors (Lipinski definition) is 1. The molecule has 62 valence electrons. The molecular weight excluding hydrogens is 311 g/mol. The normalized spacial score (nSPS) is 10.9. The van der Waals surface area contributed by atoms with Crippen LogP contribution in [-0.2, 0) is 0 Å². The fourth-order valence-corrected chi connectivity index (χ4v) is 2.04. The van der Waals surface area contributed by atoms with E-state index in [0.717, 1.165) is 3.57 Å². The van der Waals surface area contributed by atoms with E-state index in [9.17, 15) is 0 Å². The smallest absolute Gasteiger partial charge is 0.255 e. The topological polar surface area (TPSA) is 38.9 Å². The van der Waals surface area contributed by atoms with Gasteiger partial charge < -0.3 is 4.42 Å². The maximum atomic E-state index is 5.71. The van der Waals surface area contributed by atoms with Crippen molar-refractivity contribution in [1.29, 1.82) is 0 Å². The van der Waals surface area contributed by atoms with E-state index in [0.29, 0.717) is 21.6 Å². The quantitative estimate of drug-likeness (QED) is 0.462. The molecule has 2 heterocycles. The van der Waals surface area contributed by atoms with Gasteiger partial charge in [0, 0.05) is 0 Å². The zero-order chi connectivity index (χ0) is 8.72. The fourth-order valence-electron chi connectivity index (χ4n) is 0.836. The standard InChI is InChI=1S/C6H2ClIN2OS/c7-3-1-2(8)4-5(9-3)10-6(12)11-4/h1H,(H,9,10,12). The minimum atomic E-state index is 0.303. The first-order valence-corrected chi connectivity index (χ1v) is 4.89. The van der Waals surface area contributed by atoms with Crippen LogP contribution in [0, 0.1) is 3.57 Å². The summed E-state index contributed by atoms with van der Waals surface area (Å²) >= 11 is 11.8. The molecule has 3 nitrogen and oxygen atoms in total. The van der Waals surface area contributed by atoms with Crippen LogP contribution in [-0.4, -0.2) is 9.97 Å². The van der Waals surface area contributed by atoms with E-state index in [2.05, 4.69) is 45.2 Å². The molecule has 0 amide bonds. The Hall–Kier alpha value is -0.0100. The molecule has 0 bridgehead atoms. The van der Waals surface area contributed by atoms with E-state index >= 15 is 0 Å². The number of fused-ring (bicyclic) bond motifs is 1. The molecule has 0 N–H and O–H groups in total. The van der Waals surface area contributed by atoms with Gasteiger partial charge in [0.1, 0.15) is 5.15 Å². The minimum Gasteiger partial charge on any atom is -0.429 e. The summed E-state index contributed by atoms with van der Waals surface area (Å²) in [4.78, 5) is 7.90. The van der Waals surface area contributed by atoms with Gasteiger partial charge in [-0.2, -0.15) is 4.98 Å². The van der Waals surface area contributed by atoms with Crippen molar-refractivity contribution in [3.63, 3.8) is 0 Å². The maximum absolute atomic E-state index is 5.71. The van der Waals surface area contributed by atoms with E-state index < -0.39 is 0 Å². The van der Waals surface area contributed by atoms with Crippen LogP contribution in [0.1, 0.15) is 0 Å². The Balaban J connectivity index is 2.88. The second-order valence-electron chi connectivity index (χ2n) is 2.08. The fraction of sp³-hybridized carbons (Fsp3) is 0. The van der Waals surface area contributed by atoms with E-state index in [-0.39, 0.29) is 0 Å². The second kappa shape index (κ2) is 3.04. The number of hydrogen-bond acceptors (Lipinski definition) is 4. The van der Waals surface area contributed by atoms with Gasteiger partial charge in [-0.3, -0.25) is 0 Å². The van der Waals surface area contributed by atoms with Crippen molar-refractivity contribution in [2.75, 3.05) is 0 Å². The summed E-state index contributed by atoms with van der Waals surface area (Å²) in [5.74, 6) is 0. The highest BCUT2D eigenvalue weighted by atomic mass is 127. The van der Waals surface area contributed by atoms with Crippen LogP contribution < -0.4 is 0 Å². The summed E-state index contributed by atoms with van der Waals surface area (Å²) in [6.07, 6.45) is 0. The molecule has 6 heteroatoms. The molecule has 0 spiro atoms. The van der Waals surface area contributed by atoms with Gasteiger partial charge in [-0.05, 0) is 28.7 Å². The Morgan fingerprint density at radius 1 is 1.50 bits per heavy atom. The van der Waals surface area contributed by atoms with Gasteiger partial charge in [-0.25, -0.2) is 4.98 Å². The van der Waals surface area contributed by atoms with Crippen molar-refractivity contribution in [2.24, 2.45) is 0 Å². The van der Waals surface area contributed by atoms with Crippen LogP contribution in [0.4, 0.5) is 0 Å². The van der Waals surface area contributed by atoms with Gasteiger partial charge in [-0.1, -0.05) is 24.2 Å². The van der Waals surface area contributed by atoms with E-state index in [1.165, 1.54) is 0 Å². The van der Waals surface area contributed by atoms with E-state index in [1.54, 1.807) is 6.07 Å². The van der Waals surface area contributed by atoms with Crippen molar-refractivity contribution in [3.05, 3.63) is 14.8 Å². The lowest BCUT2D eigenvalue weighted by atomic mass is 10.5. The summed E-state index contributed by atoms with van der Waals surface area (Å²) in [5.41, 5.74) is 1.13. The number of rotatable bonds is 0. The maximum Gasteiger partial charge on any atom is 0.255 e. The molecule has 2 aromatic rings. The lowest BCUT2D eigenvalue weighted by Crippen LogP contribution is -1.80. The highest BCUT2D eigenvalue weighted by Crippen LogP contribution is 2.24. The predicted molar refractivity (Wildman–Crippen MR) is 56.8 cm³/mol. The third kappa shape index (κ3) is 1.40. The highest BCUT2D eigenvalue weighted by molar-refractivity contribution is 14.1. The molecule has 12 heavy (non-hydrogen) atoms. The largest absolute Gasteiger partial charge is 0.429 e. The summed E-state index contributed by atoms with van der Waals surface area (Å²) in [6, 6.07) is 1.71. The second-order valence-corrected chi connectivity index (χ2v) is 4.01. The third-order valence-corrected chi connectivity index (χ3v) is 2.46. The summed E-state index contributed by atoms with van der Waals surface area (Å²) < 4.78 is 6.06. The third-order valence-electron chi connectivity index (χ3n) is 1.27. The number of pyridine rings is 1. The number of thiol groups is 1. The molecule has 0 aliphatic rings. The number of nitrogens with zero attached hydrogens (tertiary/aromatic N) is 2. The zero-order valence-electron chi connectivity index (χ0n) is 5.58. The van der Waals surface area contributed by atoms with Gasteiger partial charge in [0.15, 0.2) is 5.58 Å². The molecule has 2 aromatic heterocycles. The lowest BCUT2D eigenvalue weighted by molar-refractivity contribution is 0.490. The van der Waals surface area contributed by atoms with E-state index in [4.69, 9.17) is 16.0 Å². The van der Waals surface area contributed by atoms with Crippen LogP contribution in [0.15, 0.2) is 15.7 Å². The van der Waals surface area contributed by atoms with Crippen molar-refractivity contribution in [1.82, 2.24) is 9.97 Å². The van der Waals surface area contributed by atoms with Crippen molar-refractivity contribution >= 4 is 58.1 Å². The van der Waals surface area contributed by atoms with Crippen LogP contribution in [0.2, 0.25) is 5.15 Å². The molecule has 0 aliphatic carbocycles. The van der Waals surface area contributed by atoms with Gasteiger partial charge in [0.25, 0.3) is 5.22 Å². The predicted octanol–water partition coefficient (Wildman–Crippen LogP) is 2.77. The number of oxazole rings is 1. The van der Waals surface area contributed by atoms with Crippen LogP contribution >= 0.6 is 46.8 Å². The molecule has 2 rings (SSSR count). The lowest BCUT2D eigenvalue weighted by Gasteiger charge is -1.90. The average molecular weight is 313 g/mol. The molecule has 0 radical (unpaired) electrons.